The standard InChI is InChI=1S/C25H27ClN2O5.C18H25ClO3.C7H3FN2O2/c1-23(2)24(3,4)33-22(32-23)25(11-5-6-17-13-18(26)8-9-19(17)25)15-31-21-10-7-16(14-27)12-20(21)28(29)30;1-16(2)17(3,4)22-15(21-16)18(11-20)9-5-6-12-10-13(19)7-8-14(12)18;1-9-5-2-3-6(8)7(4-5)10(11)12/h7-10,12-13,22H,5-6,11,15H2,1-4H3;7-8,10,15,20H,5-6,9,11H2,1-4H3;2-4H/t25-;18-;/m00./s1. The van der Waals surface area contributed by atoms with Crippen LogP contribution < -0.4 is 4.74 Å². The molecule has 14 nitrogen and oxygen atoms in total. The molecule has 67 heavy (non-hydrogen) atoms. The molecule has 0 amide bonds. The number of hydrogen-bond donors (Lipinski definition) is 1. The molecule has 2 aliphatic heterocycles. The lowest BCUT2D eigenvalue weighted by Gasteiger charge is -2.42. The molecule has 0 bridgehead atoms. The summed E-state index contributed by atoms with van der Waals surface area (Å²) >= 11 is 12.4. The molecular formula is C50H55Cl2FN4O10. The summed E-state index contributed by atoms with van der Waals surface area (Å²) in [6, 6.07) is 20.9. The molecule has 2 heterocycles. The van der Waals surface area contributed by atoms with Crippen LogP contribution in [0.5, 0.6) is 5.75 Å². The van der Waals surface area contributed by atoms with E-state index in [1.54, 1.807) is 0 Å². The van der Waals surface area contributed by atoms with Gasteiger partial charge in [0.1, 0.15) is 6.61 Å². The first-order valence-electron chi connectivity index (χ1n) is 21.9. The van der Waals surface area contributed by atoms with Crippen LogP contribution in [0.1, 0.15) is 109 Å². The van der Waals surface area contributed by atoms with E-state index in [-0.39, 0.29) is 35.9 Å². The van der Waals surface area contributed by atoms with Gasteiger partial charge in [-0.05, 0) is 159 Å². The number of benzene rings is 4. The van der Waals surface area contributed by atoms with Gasteiger partial charge in [0, 0.05) is 22.2 Å². The molecule has 0 saturated carbocycles. The molecule has 0 aromatic heterocycles. The zero-order valence-corrected chi connectivity index (χ0v) is 40.3. The van der Waals surface area contributed by atoms with Crippen LogP contribution in [0.2, 0.25) is 10.0 Å². The quantitative estimate of drug-likeness (QED) is 0.101. The molecule has 2 saturated heterocycles. The van der Waals surface area contributed by atoms with Crippen molar-refractivity contribution >= 4 is 40.3 Å². The van der Waals surface area contributed by atoms with Gasteiger partial charge in [-0.25, -0.2) is 4.85 Å². The third kappa shape index (κ3) is 10.2. The first-order valence-corrected chi connectivity index (χ1v) is 22.6. The topological polar surface area (TPSA) is 181 Å². The van der Waals surface area contributed by atoms with Gasteiger partial charge in [-0.15, -0.1) is 0 Å². The average Bonchev–Trinajstić information content (AvgIpc) is 3.64. The molecule has 0 radical (unpaired) electrons. The zero-order valence-electron chi connectivity index (χ0n) is 38.8. The van der Waals surface area contributed by atoms with E-state index >= 15 is 0 Å². The number of halogens is 3. The van der Waals surface area contributed by atoms with Crippen molar-refractivity contribution in [2.45, 2.75) is 140 Å². The minimum Gasteiger partial charge on any atom is -0.486 e. The Kier molecular flexibility index (Phi) is 14.8. The highest BCUT2D eigenvalue weighted by Crippen LogP contribution is 2.52. The molecule has 356 valence electrons. The lowest BCUT2D eigenvalue weighted by Crippen LogP contribution is -2.48. The molecule has 2 fully saturated rings. The number of hydrogen-bond acceptors (Lipinski definition) is 11. The van der Waals surface area contributed by atoms with Gasteiger partial charge in [-0.1, -0.05) is 41.4 Å². The fourth-order valence-electron chi connectivity index (χ4n) is 8.82. The van der Waals surface area contributed by atoms with Gasteiger partial charge in [-0.2, -0.15) is 9.65 Å². The second kappa shape index (κ2) is 19.4. The van der Waals surface area contributed by atoms with E-state index in [1.165, 1.54) is 29.8 Å². The van der Waals surface area contributed by atoms with Crippen molar-refractivity contribution < 1.29 is 43.0 Å². The molecule has 4 aromatic rings. The van der Waals surface area contributed by atoms with Crippen LogP contribution in [0.15, 0.2) is 72.8 Å². The van der Waals surface area contributed by atoms with Crippen LogP contribution >= 0.6 is 23.2 Å². The number of ether oxygens (including phenoxy) is 5. The number of aliphatic hydroxyl groups excluding tert-OH is 1. The Bertz CT molecular complexity index is 2600. The molecule has 0 unspecified atom stereocenters. The van der Waals surface area contributed by atoms with Gasteiger partial charge < -0.3 is 28.8 Å². The minimum atomic E-state index is -0.924. The maximum Gasteiger partial charge on any atom is 0.312 e. The first kappa shape index (κ1) is 51.2. The molecule has 2 aliphatic carbocycles. The summed E-state index contributed by atoms with van der Waals surface area (Å²) in [7, 11) is 0. The number of rotatable bonds is 8. The maximum absolute atomic E-state index is 12.6. The van der Waals surface area contributed by atoms with Crippen LogP contribution in [0.3, 0.4) is 0 Å². The number of nitro benzene ring substituents is 2. The fourth-order valence-corrected chi connectivity index (χ4v) is 9.21. The van der Waals surface area contributed by atoms with Gasteiger partial charge in [0.2, 0.25) is 0 Å². The summed E-state index contributed by atoms with van der Waals surface area (Å²) in [5, 5.41) is 42.6. The third-order valence-electron chi connectivity index (χ3n) is 14.1. The summed E-state index contributed by atoms with van der Waals surface area (Å²) in [6.07, 6.45) is 4.25. The SMILES string of the molecule is CC1(C)OC([C@]2(CO)CCCc3cc(Cl)ccc32)OC1(C)C.CC1(C)OC([C@]2(COc3ccc(C#N)cc3[N+](=O)[O-])CCCc3cc(Cl)ccc32)OC1(C)C.[C-]#[N+]c1ccc(F)c([N+](=O)[O-])c1. The summed E-state index contributed by atoms with van der Waals surface area (Å²) in [4.78, 5) is 23.3. The highest BCUT2D eigenvalue weighted by atomic mass is 35.5. The Balaban J connectivity index is 0.000000186. The minimum absolute atomic E-state index is 0.0124. The molecule has 4 aliphatic rings. The zero-order chi connectivity index (χ0) is 49.3. The number of nitrogens with zero attached hydrogens (tertiary/aromatic N) is 4. The van der Waals surface area contributed by atoms with Gasteiger partial charge in [0.05, 0.1) is 67.9 Å². The van der Waals surface area contributed by atoms with E-state index in [2.05, 4.69) is 4.85 Å². The Morgan fingerprint density at radius 1 is 0.746 bits per heavy atom. The average molecular weight is 962 g/mol. The molecule has 2 atom stereocenters. The number of fused-ring (bicyclic) bond motifs is 2. The van der Waals surface area contributed by atoms with Gasteiger partial charge in [-0.3, -0.25) is 20.2 Å². The van der Waals surface area contributed by atoms with Gasteiger partial charge in [0.15, 0.2) is 29.8 Å². The summed E-state index contributed by atoms with van der Waals surface area (Å²) in [5.74, 6) is -0.816. The Morgan fingerprint density at radius 3 is 1.69 bits per heavy atom. The van der Waals surface area contributed by atoms with Gasteiger partial charge in [0.25, 0.3) is 5.69 Å². The van der Waals surface area contributed by atoms with Crippen LogP contribution in [0, 0.1) is 43.9 Å². The second-order valence-corrected chi connectivity index (χ2v) is 20.2. The predicted molar refractivity (Wildman–Crippen MR) is 250 cm³/mol. The number of nitro groups is 2. The largest absolute Gasteiger partial charge is 0.486 e. The normalized spacial score (nSPS) is 23.1. The van der Waals surface area contributed by atoms with E-state index in [0.29, 0.717) is 5.02 Å². The van der Waals surface area contributed by atoms with Gasteiger partial charge >= 0.3 is 5.69 Å². The highest BCUT2D eigenvalue weighted by molar-refractivity contribution is 6.31. The lowest BCUT2D eigenvalue weighted by molar-refractivity contribution is -0.387. The molecule has 1 N–H and O–H groups in total. The first-order chi connectivity index (χ1) is 31.4. The number of aryl methyl sites for hydroxylation is 2. The summed E-state index contributed by atoms with van der Waals surface area (Å²) < 4.78 is 44.3. The van der Waals surface area contributed by atoms with Crippen molar-refractivity contribution in [2.75, 3.05) is 13.2 Å². The summed E-state index contributed by atoms with van der Waals surface area (Å²) in [5.41, 5.74) is 0.692. The monoisotopic (exact) mass is 960 g/mol. The van der Waals surface area contributed by atoms with E-state index in [1.807, 2.05) is 97.9 Å². The molecule has 8 rings (SSSR count). The predicted octanol–water partition coefficient (Wildman–Crippen LogP) is 11.8. The van der Waals surface area contributed by atoms with Crippen molar-refractivity contribution in [3.63, 3.8) is 0 Å². The van der Waals surface area contributed by atoms with Crippen molar-refractivity contribution in [2.24, 2.45) is 0 Å². The smallest absolute Gasteiger partial charge is 0.312 e. The number of aliphatic hydroxyl groups is 1. The van der Waals surface area contributed by atoms with E-state index in [0.717, 1.165) is 72.4 Å². The number of nitriles is 1. The Morgan fingerprint density at radius 2 is 1.22 bits per heavy atom. The highest BCUT2D eigenvalue weighted by Gasteiger charge is 2.59. The molecular weight excluding hydrogens is 906 g/mol. The van der Waals surface area contributed by atoms with E-state index in [4.69, 9.17) is 58.7 Å². The fraction of sp³-hybridized carbons (Fsp3) is 0.480. The Labute approximate surface area is 400 Å². The second-order valence-electron chi connectivity index (χ2n) is 19.3. The van der Waals surface area contributed by atoms with Crippen LogP contribution in [0.25, 0.3) is 4.85 Å². The van der Waals surface area contributed by atoms with E-state index in [9.17, 15) is 29.7 Å². The maximum atomic E-state index is 12.6. The van der Waals surface area contributed by atoms with Crippen LogP contribution in [0.4, 0.5) is 21.5 Å². The van der Waals surface area contributed by atoms with Crippen molar-refractivity contribution in [1.29, 1.82) is 5.26 Å². The molecule has 4 aromatic carbocycles. The summed E-state index contributed by atoms with van der Waals surface area (Å²) in [6.45, 7) is 22.8. The lowest BCUT2D eigenvalue weighted by atomic mass is 9.69. The molecule has 17 heteroatoms. The third-order valence-corrected chi connectivity index (χ3v) is 14.5. The van der Waals surface area contributed by atoms with Crippen LogP contribution in [-0.4, -0.2) is 63.2 Å². The van der Waals surface area contributed by atoms with Crippen molar-refractivity contribution in [3.05, 3.63) is 148 Å². The van der Waals surface area contributed by atoms with Crippen LogP contribution in [-0.2, 0) is 42.6 Å². The van der Waals surface area contributed by atoms with Crippen molar-refractivity contribution in [3.8, 4) is 11.8 Å². The Hall–Kier alpha value is -5.23. The molecule has 0 spiro atoms. The van der Waals surface area contributed by atoms with E-state index < -0.39 is 67.2 Å². The van der Waals surface area contributed by atoms with Crippen molar-refractivity contribution in [1.82, 2.24) is 0 Å².